The molecule has 1 amide bonds. The molecule has 0 unspecified atom stereocenters. The molecule has 0 aliphatic rings. The molecule has 0 saturated heterocycles. The Hall–Kier alpha value is -3.38. The van der Waals surface area contributed by atoms with Crippen molar-refractivity contribution in [2.75, 3.05) is 0 Å². The summed E-state index contributed by atoms with van der Waals surface area (Å²) in [5.41, 5.74) is 5.88. The second-order valence-electron chi connectivity index (χ2n) is 7.51. The van der Waals surface area contributed by atoms with Gasteiger partial charge in [-0.05, 0) is 55.3 Å². The van der Waals surface area contributed by atoms with Gasteiger partial charge in [-0.15, -0.1) is 0 Å². The Labute approximate surface area is 186 Å². The quantitative estimate of drug-likeness (QED) is 0.474. The molecule has 4 rings (SSSR count). The van der Waals surface area contributed by atoms with Crippen LogP contribution in [0.2, 0.25) is 5.02 Å². The number of halogens is 1. The first-order chi connectivity index (χ1) is 15.0. The molecular formula is C24H24ClN5O. The minimum absolute atomic E-state index is 0.0284. The minimum atomic E-state index is -0.0284. The number of nitrogens with zero attached hydrogens (tertiary/aromatic N) is 4. The lowest BCUT2D eigenvalue weighted by atomic mass is 10.1. The second kappa shape index (κ2) is 9.18. The number of aryl methyl sites for hydroxylation is 1. The van der Waals surface area contributed by atoms with E-state index in [4.69, 9.17) is 11.6 Å². The molecule has 1 N–H and O–H groups in total. The van der Waals surface area contributed by atoms with E-state index in [9.17, 15) is 4.79 Å². The van der Waals surface area contributed by atoms with Gasteiger partial charge in [-0.3, -0.25) is 9.48 Å². The highest BCUT2D eigenvalue weighted by atomic mass is 35.5. The SMILES string of the molecule is Cc1nn(-c2ccc(Cl)cc2)c(C)c1CC(=O)NCc1cccc(Cn2cccn2)c1. The zero-order chi connectivity index (χ0) is 21.8. The summed E-state index contributed by atoms with van der Waals surface area (Å²) in [6.07, 6.45) is 3.99. The van der Waals surface area contributed by atoms with Crippen LogP contribution in [-0.2, 0) is 24.3 Å². The monoisotopic (exact) mass is 433 g/mol. The molecule has 2 heterocycles. The summed E-state index contributed by atoms with van der Waals surface area (Å²) in [7, 11) is 0. The molecule has 0 saturated carbocycles. The highest BCUT2D eigenvalue weighted by Crippen LogP contribution is 2.20. The molecule has 0 fully saturated rings. The Balaban J connectivity index is 1.40. The average molecular weight is 434 g/mol. The first-order valence-electron chi connectivity index (χ1n) is 10.1. The second-order valence-corrected chi connectivity index (χ2v) is 7.95. The van der Waals surface area contributed by atoms with Gasteiger partial charge in [-0.2, -0.15) is 10.2 Å². The van der Waals surface area contributed by atoms with Gasteiger partial charge in [0.1, 0.15) is 0 Å². The number of carbonyl (C=O) groups is 1. The van der Waals surface area contributed by atoms with E-state index in [2.05, 4.69) is 27.6 Å². The number of rotatable bonds is 7. The van der Waals surface area contributed by atoms with Gasteiger partial charge in [-0.1, -0.05) is 35.9 Å². The third-order valence-electron chi connectivity index (χ3n) is 5.23. The van der Waals surface area contributed by atoms with Crippen molar-refractivity contribution in [3.63, 3.8) is 0 Å². The highest BCUT2D eigenvalue weighted by molar-refractivity contribution is 6.30. The van der Waals surface area contributed by atoms with Crippen LogP contribution in [0.5, 0.6) is 0 Å². The van der Waals surface area contributed by atoms with Crippen molar-refractivity contribution in [1.82, 2.24) is 24.9 Å². The van der Waals surface area contributed by atoms with Gasteiger partial charge in [0.2, 0.25) is 5.91 Å². The molecule has 31 heavy (non-hydrogen) atoms. The zero-order valence-electron chi connectivity index (χ0n) is 17.5. The number of carbonyl (C=O) groups excluding carboxylic acids is 1. The maximum absolute atomic E-state index is 12.6. The van der Waals surface area contributed by atoms with Crippen molar-refractivity contribution in [3.8, 4) is 5.69 Å². The summed E-state index contributed by atoms with van der Waals surface area (Å²) in [5.74, 6) is -0.0284. The van der Waals surface area contributed by atoms with E-state index in [1.807, 2.05) is 71.9 Å². The molecule has 2 aromatic heterocycles. The normalized spacial score (nSPS) is 10.9. The predicted molar refractivity (Wildman–Crippen MR) is 121 cm³/mol. The lowest BCUT2D eigenvalue weighted by molar-refractivity contribution is -0.120. The summed E-state index contributed by atoms with van der Waals surface area (Å²) < 4.78 is 3.73. The Morgan fingerprint density at radius 3 is 2.58 bits per heavy atom. The molecule has 0 spiro atoms. The first kappa shape index (κ1) is 20.9. The largest absolute Gasteiger partial charge is 0.352 e. The molecule has 7 heteroatoms. The number of hydrogen-bond donors (Lipinski definition) is 1. The molecular weight excluding hydrogens is 410 g/mol. The highest BCUT2D eigenvalue weighted by Gasteiger charge is 2.16. The maximum atomic E-state index is 12.6. The van der Waals surface area contributed by atoms with Gasteiger partial charge in [0.25, 0.3) is 0 Å². The Morgan fingerprint density at radius 2 is 1.84 bits per heavy atom. The molecule has 0 aliphatic heterocycles. The zero-order valence-corrected chi connectivity index (χ0v) is 18.3. The Morgan fingerprint density at radius 1 is 1.06 bits per heavy atom. The predicted octanol–water partition coefficient (Wildman–Crippen LogP) is 4.25. The Bertz CT molecular complexity index is 1180. The van der Waals surface area contributed by atoms with Gasteiger partial charge in [-0.25, -0.2) is 4.68 Å². The number of amides is 1. The maximum Gasteiger partial charge on any atom is 0.224 e. The fourth-order valence-electron chi connectivity index (χ4n) is 3.61. The van der Waals surface area contributed by atoms with E-state index < -0.39 is 0 Å². The van der Waals surface area contributed by atoms with Crippen molar-refractivity contribution < 1.29 is 4.79 Å². The molecule has 6 nitrogen and oxygen atoms in total. The van der Waals surface area contributed by atoms with Crippen LogP contribution in [0, 0.1) is 13.8 Å². The Kier molecular flexibility index (Phi) is 6.18. The number of hydrogen-bond acceptors (Lipinski definition) is 3. The topological polar surface area (TPSA) is 64.7 Å². The minimum Gasteiger partial charge on any atom is -0.352 e. The molecule has 0 radical (unpaired) electrons. The summed E-state index contributed by atoms with van der Waals surface area (Å²) in [6.45, 7) is 5.10. The van der Waals surface area contributed by atoms with E-state index in [1.54, 1.807) is 6.20 Å². The van der Waals surface area contributed by atoms with Crippen LogP contribution >= 0.6 is 11.6 Å². The van der Waals surface area contributed by atoms with Crippen molar-refractivity contribution in [2.45, 2.75) is 33.4 Å². The lowest BCUT2D eigenvalue weighted by Crippen LogP contribution is -2.25. The van der Waals surface area contributed by atoms with Crippen LogP contribution in [-0.4, -0.2) is 25.5 Å². The number of nitrogens with one attached hydrogen (secondary N) is 1. The van der Waals surface area contributed by atoms with E-state index in [0.717, 1.165) is 33.8 Å². The summed E-state index contributed by atoms with van der Waals surface area (Å²) in [6, 6.07) is 17.6. The molecule has 0 bridgehead atoms. The van der Waals surface area contributed by atoms with Crippen molar-refractivity contribution in [1.29, 1.82) is 0 Å². The first-order valence-corrected chi connectivity index (χ1v) is 10.5. The number of benzene rings is 2. The van der Waals surface area contributed by atoms with Crippen LogP contribution in [0.25, 0.3) is 5.69 Å². The van der Waals surface area contributed by atoms with E-state index in [-0.39, 0.29) is 12.3 Å². The lowest BCUT2D eigenvalue weighted by Gasteiger charge is -2.09. The van der Waals surface area contributed by atoms with Crippen LogP contribution in [0.3, 0.4) is 0 Å². The average Bonchev–Trinajstić information content (AvgIpc) is 3.37. The van der Waals surface area contributed by atoms with E-state index in [0.29, 0.717) is 18.1 Å². The van der Waals surface area contributed by atoms with E-state index >= 15 is 0 Å². The molecule has 158 valence electrons. The number of aromatic nitrogens is 4. The van der Waals surface area contributed by atoms with Gasteiger partial charge in [0.15, 0.2) is 0 Å². The van der Waals surface area contributed by atoms with Gasteiger partial charge in [0.05, 0.1) is 24.3 Å². The molecule has 2 aromatic carbocycles. The van der Waals surface area contributed by atoms with E-state index in [1.165, 1.54) is 0 Å². The van der Waals surface area contributed by atoms with Gasteiger partial charge in [0, 0.05) is 35.2 Å². The van der Waals surface area contributed by atoms with Gasteiger partial charge >= 0.3 is 0 Å². The fourth-order valence-corrected chi connectivity index (χ4v) is 3.73. The molecule has 4 aromatic rings. The van der Waals surface area contributed by atoms with Crippen LogP contribution in [0.1, 0.15) is 28.1 Å². The molecule has 0 aliphatic carbocycles. The van der Waals surface area contributed by atoms with Gasteiger partial charge < -0.3 is 5.32 Å². The van der Waals surface area contributed by atoms with Crippen LogP contribution in [0.15, 0.2) is 67.0 Å². The summed E-state index contributed by atoms with van der Waals surface area (Å²) in [5, 5.41) is 12.6. The van der Waals surface area contributed by atoms with Crippen LogP contribution in [0.4, 0.5) is 0 Å². The molecule has 0 atom stereocenters. The third kappa shape index (κ3) is 5.03. The van der Waals surface area contributed by atoms with Crippen LogP contribution < -0.4 is 5.32 Å². The van der Waals surface area contributed by atoms with Crippen molar-refractivity contribution in [2.24, 2.45) is 0 Å². The van der Waals surface area contributed by atoms with Crippen molar-refractivity contribution in [3.05, 3.63) is 100 Å². The fraction of sp³-hybridized carbons (Fsp3) is 0.208. The third-order valence-corrected chi connectivity index (χ3v) is 5.49. The van der Waals surface area contributed by atoms with Crippen molar-refractivity contribution >= 4 is 17.5 Å². The smallest absolute Gasteiger partial charge is 0.224 e. The summed E-state index contributed by atoms with van der Waals surface area (Å²) >= 11 is 5.99. The standard InChI is InChI=1S/C24H24ClN5O/c1-17-23(18(2)30(28-17)22-9-7-21(25)8-10-22)14-24(31)26-15-19-5-3-6-20(13-19)16-29-12-4-11-27-29/h3-13H,14-16H2,1-2H3,(H,26,31). The summed E-state index contributed by atoms with van der Waals surface area (Å²) in [4.78, 5) is 12.6.